The Hall–Kier alpha value is -1.62. The van der Waals surface area contributed by atoms with E-state index in [1.165, 1.54) is 18.2 Å². The number of aromatic carboxylic acids is 1. The maximum absolute atomic E-state index is 13.6. The number of anilines is 1. The van der Waals surface area contributed by atoms with Crippen molar-refractivity contribution in [2.24, 2.45) is 0 Å². The first-order valence-corrected chi connectivity index (χ1v) is 5.29. The maximum Gasteiger partial charge on any atom is 0.337 e. The molecule has 0 amide bonds. The van der Waals surface area contributed by atoms with Crippen LogP contribution in [-0.2, 0) is 4.74 Å². The molecule has 17 heavy (non-hydrogen) atoms. The molecular weight excluding hydrogens is 225 g/mol. The Kier molecular flexibility index (Phi) is 4.90. The Labute approximate surface area is 99.6 Å². The Morgan fingerprint density at radius 3 is 2.82 bits per heavy atom. The van der Waals surface area contributed by atoms with E-state index in [1.807, 2.05) is 0 Å². The van der Waals surface area contributed by atoms with Crippen LogP contribution >= 0.6 is 0 Å². The molecule has 0 aromatic heterocycles. The van der Waals surface area contributed by atoms with Gasteiger partial charge < -0.3 is 14.7 Å². The van der Waals surface area contributed by atoms with Gasteiger partial charge in [-0.25, -0.2) is 9.18 Å². The average molecular weight is 241 g/mol. The lowest BCUT2D eigenvalue weighted by Crippen LogP contribution is -2.23. The van der Waals surface area contributed by atoms with Gasteiger partial charge in [0.25, 0.3) is 0 Å². The van der Waals surface area contributed by atoms with Gasteiger partial charge >= 0.3 is 5.97 Å². The summed E-state index contributed by atoms with van der Waals surface area (Å²) in [4.78, 5) is 12.6. The van der Waals surface area contributed by atoms with Crippen LogP contribution in [0, 0.1) is 5.82 Å². The summed E-state index contributed by atoms with van der Waals surface area (Å²) in [5.41, 5.74) is 0.0982. The maximum atomic E-state index is 13.6. The van der Waals surface area contributed by atoms with Crippen LogP contribution in [0.1, 0.15) is 16.8 Å². The van der Waals surface area contributed by atoms with Crippen molar-refractivity contribution >= 4 is 11.7 Å². The number of carbonyl (C=O) groups is 1. The van der Waals surface area contributed by atoms with Gasteiger partial charge in [-0.1, -0.05) is 6.07 Å². The van der Waals surface area contributed by atoms with Crippen LogP contribution in [0.25, 0.3) is 0 Å². The van der Waals surface area contributed by atoms with Crippen LogP contribution in [0.2, 0.25) is 0 Å². The third-order valence-corrected chi connectivity index (χ3v) is 2.44. The number of ether oxygens (including phenoxy) is 1. The summed E-state index contributed by atoms with van der Waals surface area (Å²) >= 11 is 0. The van der Waals surface area contributed by atoms with Gasteiger partial charge in [-0.3, -0.25) is 0 Å². The zero-order chi connectivity index (χ0) is 12.8. The quantitative estimate of drug-likeness (QED) is 0.774. The van der Waals surface area contributed by atoms with E-state index in [0.29, 0.717) is 19.6 Å². The predicted molar refractivity (Wildman–Crippen MR) is 63.1 cm³/mol. The Bertz CT molecular complexity index is 395. The number of carboxylic acid groups (broad SMARTS) is 1. The lowest BCUT2D eigenvalue weighted by atomic mass is 10.1. The normalized spacial score (nSPS) is 10.3. The molecule has 0 saturated carbocycles. The number of hydrogen-bond acceptors (Lipinski definition) is 3. The zero-order valence-corrected chi connectivity index (χ0v) is 9.94. The average Bonchev–Trinajstić information content (AvgIpc) is 2.28. The number of benzene rings is 1. The highest BCUT2D eigenvalue weighted by atomic mass is 19.1. The summed E-state index contributed by atoms with van der Waals surface area (Å²) in [6, 6.07) is 4.05. The van der Waals surface area contributed by atoms with Crippen molar-refractivity contribution in [2.45, 2.75) is 6.42 Å². The molecule has 1 N–H and O–H groups in total. The highest BCUT2D eigenvalue weighted by Gasteiger charge is 2.17. The van der Waals surface area contributed by atoms with Gasteiger partial charge in [-0.2, -0.15) is 0 Å². The van der Waals surface area contributed by atoms with Gasteiger partial charge in [0.15, 0.2) is 0 Å². The smallest absolute Gasteiger partial charge is 0.337 e. The molecular formula is C12H16FNO3. The largest absolute Gasteiger partial charge is 0.478 e. The molecule has 1 aromatic rings. The van der Waals surface area contributed by atoms with Crippen molar-refractivity contribution in [3.63, 3.8) is 0 Å². The number of nitrogens with zero attached hydrogens (tertiary/aromatic N) is 1. The predicted octanol–water partition coefficient (Wildman–Crippen LogP) is 2.00. The van der Waals surface area contributed by atoms with Crippen LogP contribution in [0.4, 0.5) is 10.1 Å². The van der Waals surface area contributed by atoms with Crippen LogP contribution < -0.4 is 4.90 Å². The number of rotatable bonds is 6. The SMILES string of the molecule is COCCCN(C)c1c(F)cccc1C(=O)O. The fourth-order valence-electron chi connectivity index (χ4n) is 1.63. The molecule has 0 heterocycles. The number of methoxy groups -OCH3 is 1. The minimum atomic E-state index is -1.13. The second kappa shape index (κ2) is 6.20. The molecule has 0 aliphatic rings. The second-order valence-electron chi connectivity index (χ2n) is 3.71. The molecule has 0 radical (unpaired) electrons. The Morgan fingerprint density at radius 2 is 2.24 bits per heavy atom. The fraction of sp³-hybridized carbons (Fsp3) is 0.417. The Balaban J connectivity index is 2.90. The molecule has 4 nitrogen and oxygen atoms in total. The van der Waals surface area contributed by atoms with Gasteiger partial charge in [0.05, 0.1) is 11.3 Å². The van der Waals surface area contributed by atoms with E-state index in [9.17, 15) is 9.18 Å². The highest BCUT2D eigenvalue weighted by Crippen LogP contribution is 2.23. The van der Waals surface area contributed by atoms with Gasteiger partial charge in [-0.05, 0) is 18.6 Å². The Morgan fingerprint density at radius 1 is 1.53 bits per heavy atom. The van der Waals surface area contributed by atoms with Gasteiger partial charge in [0.2, 0.25) is 0 Å². The standard InChI is InChI=1S/C12H16FNO3/c1-14(7-4-8-17-2)11-9(12(15)16)5-3-6-10(11)13/h3,5-6H,4,7-8H2,1-2H3,(H,15,16). The van der Waals surface area contributed by atoms with Crippen molar-refractivity contribution in [2.75, 3.05) is 32.2 Å². The molecule has 0 aliphatic carbocycles. The minimum absolute atomic E-state index is 0.0232. The zero-order valence-electron chi connectivity index (χ0n) is 9.94. The van der Waals surface area contributed by atoms with Crippen LogP contribution in [0.3, 0.4) is 0 Å². The summed E-state index contributed by atoms with van der Waals surface area (Å²) in [5, 5.41) is 8.99. The van der Waals surface area contributed by atoms with Crippen molar-refractivity contribution in [3.05, 3.63) is 29.6 Å². The van der Waals surface area contributed by atoms with Crippen LogP contribution in [-0.4, -0.2) is 38.4 Å². The molecule has 0 unspecified atom stereocenters. The summed E-state index contributed by atoms with van der Waals surface area (Å²) in [5.74, 6) is -1.65. The first kappa shape index (κ1) is 13.4. The summed E-state index contributed by atoms with van der Waals surface area (Å²) in [7, 11) is 3.26. The third-order valence-electron chi connectivity index (χ3n) is 2.44. The molecule has 0 aliphatic heterocycles. The highest BCUT2D eigenvalue weighted by molar-refractivity contribution is 5.94. The minimum Gasteiger partial charge on any atom is -0.478 e. The summed E-state index contributed by atoms with van der Waals surface area (Å²) in [6.07, 6.45) is 0.709. The lowest BCUT2D eigenvalue weighted by molar-refractivity contribution is 0.0697. The van der Waals surface area contributed by atoms with E-state index >= 15 is 0 Å². The van der Waals surface area contributed by atoms with Crippen molar-refractivity contribution in [3.8, 4) is 0 Å². The van der Waals surface area contributed by atoms with E-state index in [0.717, 1.165) is 0 Å². The van der Waals surface area contributed by atoms with E-state index in [1.54, 1.807) is 19.1 Å². The molecule has 0 atom stereocenters. The number of carboxylic acids is 1. The first-order chi connectivity index (χ1) is 8.07. The number of halogens is 1. The van der Waals surface area contributed by atoms with E-state index in [-0.39, 0.29) is 11.3 Å². The molecule has 0 saturated heterocycles. The molecule has 0 fully saturated rings. The molecule has 94 valence electrons. The van der Waals surface area contributed by atoms with E-state index < -0.39 is 11.8 Å². The van der Waals surface area contributed by atoms with E-state index in [2.05, 4.69) is 0 Å². The second-order valence-corrected chi connectivity index (χ2v) is 3.71. The van der Waals surface area contributed by atoms with Crippen LogP contribution in [0.5, 0.6) is 0 Å². The summed E-state index contributed by atoms with van der Waals surface area (Å²) < 4.78 is 18.5. The van der Waals surface area contributed by atoms with E-state index in [4.69, 9.17) is 9.84 Å². The summed E-state index contributed by atoms with van der Waals surface area (Å²) in [6.45, 7) is 1.09. The van der Waals surface area contributed by atoms with Crippen LogP contribution in [0.15, 0.2) is 18.2 Å². The third kappa shape index (κ3) is 3.42. The first-order valence-electron chi connectivity index (χ1n) is 5.29. The molecule has 1 rings (SSSR count). The fourth-order valence-corrected chi connectivity index (χ4v) is 1.63. The van der Waals surface area contributed by atoms with Gasteiger partial charge in [0, 0.05) is 27.3 Å². The topological polar surface area (TPSA) is 49.8 Å². The molecule has 0 spiro atoms. The van der Waals surface area contributed by atoms with Gasteiger partial charge in [0.1, 0.15) is 5.82 Å². The lowest BCUT2D eigenvalue weighted by Gasteiger charge is -2.21. The molecule has 0 bridgehead atoms. The monoisotopic (exact) mass is 241 g/mol. The van der Waals surface area contributed by atoms with Crippen molar-refractivity contribution in [1.29, 1.82) is 0 Å². The van der Waals surface area contributed by atoms with Crippen molar-refractivity contribution < 1.29 is 19.0 Å². The number of para-hydroxylation sites is 1. The van der Waals surface area contributed by atoms with Crippen molar-refractivity contribution in [1.82, 2.24) is 0 Å². The van der Waals surface area contributed by atoms with Gasteiger partial charge in [-0.15, -0.1) is 0 Å². The molecule has 5 heteroatoms. The number of hydrogen-bond donors (Lipinski definition) is 1. The molecule has 1 aromatic carbocycles.